The number of carbonyl (C=O) groups excluding carboxylic acids is 2. The normalized spacial score (nSPS) is 10.5. The van der Waals surface area contributed by atoms with E-state index in [4.69, 9.17) is 16.3 Å². The summed E-state index contributed by atoms with van der Waals surface area (Å²) in [7, 11) is 0. The van der Waals surface area contributed by atoms with Crippen LogP contribution in [0.2, 0.25) is 5.02 Å². The number of rotatable bonds is 7. The van der Waals surface area contributed by atoms with Crippen LogP contribution in [0.1, 0.15) is 44.6 Å². The maximum absolute atomic E-state index is 12.8. The molecule has 1 aromatic carbocycles. The largest absolute Gasteiger partial charge is 0.461 e. The van der Waals surface area contributed by atoms with Crippen LogP contribution >= 0.6 is 11.6 Å². The highest BCUT2D eigenvalue weighted by atomic mass is 35.5. The molecule has 0 atom stereocenters. The van der Waals surface area contributed by atoms with Crippen LogP contribution in [0, 0.1) is 13.8 Å². The van der Waals surface area contributed by atoms with Crippen LogP contribution in [0.25, 0.3) is 0 Å². The summed E-state index contributed by atoms with van der Waals surface area (Å²) < 4.78 is 6.90. The molecule has 0 saturated heterocycles. The quantitative estimate of drug-likeness (QED) is 0.587. The van der Waals surface area contributed by atoms with Crippen molar-refractivity contribution in [2.45, 2.75) is 33.9 Å². The van der Waals surface area contributed by atoms with E-state index in [0.29, 0.717) is 40.6 Å². The van der Waals surface area contributed by atoms with E-state index in [1.807, 2.05) is 25.1 Å². The average Bonchev–Trinajstić information content (AvgIpc) is 2.85. The van der Waals surface area contributed by atoms with Crippen LogP contribution in [-0.2, 0) is 17.8 Å². The molecule has 1 aromatic heterocycles. The number of nitrogens with one attached hydrogen (secondary N) is 1. The lowest BCUT2D eigenvalue weighted by molar-refractivity contribution is 0.0513. The van der Waals surface area contributed by atoms with Gasteiger partial charge >= 0.3 is 5.97 Å². The molecule has 5 nitrogen and oxygen atoms in total. The highest BCUT2D eigenvalue weighted by Crippen LogP contribution is 2.24. The SMILES string of the molecule is C=CCn1c(C)c(C(=O)NCc2ccccc2Cl)c(C)c1C(=O)OCC. The standard InChI is InChI=1S/C20H23ClN2O3/c1-5-11-23-14(4)17(13(3)18(23)20(25)26-6-2)19(24)22-12-15-9-7-8-10-16(15)21/h5,7-10H,1,6,11-12H2,2-4H3,(H,22,24). The number of allylic oxidation sites excluding steroid dienone is 1. The van der Waals surface area contributed by atoms with Crippen molar-refractivity contribution < 1.29 is 14.3 Å². The van der Waals surface area contributed by atoms with Crippen molar-refractivity contribution in [3.05, 3.63) is 70.0 Å². The Morgan fingerprint density at radius 2 is 2.00 bits per heavy atom. The Balaban J connectivity index is 2.34. The lowest BCUT2D eigenvalue weighted by atomic mass is 10.1. The van der Waals surface area contributed by atoms with Gasteiger partial charge in [0.2, 0.25) is 0 Å². The van der Waals surface area contributed by atoms with Crippen molar-refractivity contribution in [1.82, 2.24) is 9.88 Å². The molecule has 2 aromatic rings. The summed E-state index contributed by atoms with van der Waals surface area (Å²) in [6.45, 7) is 10.0. The number of esters is 1. The van der Waals surface area contributed by atoms with Gasteiger partial charge in [0, 0.05) is 23.8 Å². The zero-order valence-corrected chi connectivity index (χ0v) is 16.0. The van der Waals surface area contributed by atoms with Crippen molar-refractivity contribution in [1.29, 1.82) is 0 Å². The lowest BCUT2D eigenvalue weighted by Crippen LogP contribution is -2.24. The third kappa shape index (κ3) is 3.99. The smallest absolute Gasteiger partial charge is 0.355 e. The molecule has 6 heteroatoms. The molecule has 0 saturated carbocycles. The van der Waals surface area contributed by atoms with E-state index < -0.39 is 5.97 Å². The first kappa shape index (κ1) is 19.8. The van der Waals surface area contributed by atoms with E-state index in [2.05, 4.69) is 11.9 Å². The van der Waals surface area contributed by atoms with Crippen molar-refractivity contribution >= 4 is 23.5 Å². The topological polar surface area (TPSA) is 60.3 Å². The minimum absolute atomic E-state index is 0.256. The predicted octanol–water partition coefficient (Wildman–Crippen LogP) is 4.05. The molecule has 0 aliphatic heterocycles. The number of hydrogen-bond acceptors (Lipinski definition) is 3. The van der Waals surface area contributed by atoms with Crippen LogP contribution < -0.4 is 5.32 Å². The third-order valence-electron chi connectivity index (χ3n) is 4.17. The fourth-order valence-electron chi connectivity index (χ4n) is 2.96. The maximum atomic E-state index is 12.8. The molecule has 1 heterocycles. The number of carbonyl (C=O) groups is 2. The average molecular weight is 375 g/mol. The van der Waals surface area contributed by atoms with Crippen LogP contribution in [0.3, 0.4) is 0 Å². The number of amides is 1. The van der Waals surface area contributed by atoms with Gasteiger partial charge in [0.1, 0.15) is 5.69 Å². The molecule has 0 radical (unpaired) electrons. The molecular formula is C20H23ClN2O3. The zero-order chi connectivity index (χ0) is 19.3. The van der Waals surface area contributed by atoms with Gasteiger partial charge in [-0.2, -0.15) is 0 Å². The molecule has 0 bridgehead atoms. The van der Waals surface area contributed by atoms with E-state index in [-0.39, 0.29) is 12.5 Å². The Hall–Kier alpha value is -2.53. The molecular weight excluding hydrogens is 352 g/mol. The number of aromatic nitrogens is 1. The van der Waals surface area contributed by atoms with E-state index in [9.17, 15) is 9.59 Å². The van der Waals surface area contributed by atoms with Crippen molar-refractivity contribution in [3.63, 3.8) is 0 Å². The monoisotopic (exact) mass is 374 g/mol. The highest BCUT2D eigenvalue weighted by Gasteiger charge is 2.26. The molecule has 2 rings (SSSR count). The molecule has 26 heavy (non-hydrogen) atoms. The second kappa shape index (κ2) is 8.72. The summed E-state index contributed by atoms with van der Waals surface area (Å²) in [5.41, 5.74) is 2.98. The van der Waals surface area contributed by atoms with Gasteiger partial charge in [-0.1, -0.05) is 35.9 Å². The molecule has 0 fully saturated rings. The summed E-state index contributed by atoms with van der Waals surface area (Å²) in [5, 5.41) is 3.47. The van der Waals surface area contributed by atoms with E-state index >= 15 is 0 Å². The first-order chi connectivity index (χ1) is 12.4. The molecule has 0 unspecified atom stereocenters. The van der Waals surface area contributed by atoms with Gasteiger partial charge in [-0.3, -0.25) is 4.79 Å². The van der Waals surface area contributed by atoms with Gasteiger partial charge in [-0.15, -0.1) is 6.58 Å². The van der Waals surface area contributed by atoms with Gasteiger partial charge in [-0.25, -0.2) is 4.79 Å². The summed E-state index contributed by atoms with van der Waals surface area (Å²) in [5.74, 6) is -0.701. The second-order valence-electron chi connectivity index (χ2n) is 5.83. The Kier molecular flexibility index (Phi) is 6.64. The Morgan fingerprint density at radius 1 is 1.31 bits per heavy atom. The van der Waals surface area contributed by atoms with Crippen LogP contribution in [0.5, 0.6) is 0 Å². The number of nitrogens with zero attached hydrogens (tertiary/aromatic N) is 1. The Labute approximate surface area is 158 Å². The van der Waals surface area contributed by atoms with Crippen LogP contribution in [0.15, 0.2) is 36.9 Å². The second-order valence-corrected chi connectivity index (χ2v) is 6.24. The van der Waals surface area contributed by atoms with Crippen molar-refractivity contribution in [2.24, 2.45) is 0 Å². The molecule has 1 amide bonds. The fraction of sp³-hybridized carbons (Fsp3) is 0.300. The summed E-state index contributed by atoms with van der Waals surface area (Å²) in [6.07, 6.45) is 1.68. The first-order valence-electron chi connectivity index (χ1n) is 8.41. The van der Waals surface area contributed by atoms with Gasteiger partial charge in [0.05, 0.1) is 12.2 Å². The molecule has 0 aliphatic rings. The van der Waals surface area contributed by atoms with E-state index in [1.54, 1.807) is 30.6 Å². The first-order valence-corrected chi connectivity index (χ1v) is 8.79. The molecule has 1 N–H and O–H groups in total. The number of hydrogen-bond donors (Lipinski definition) is 1. The van der Waals surface area contributed by atoms with Crippen LogP contribution in [0.4, 0.5) is 0 Å². The summed E-state index contributed by atoms with van der Waals surface area (Å²) in [6, 6.07) is 7.33. The Bertz CT molecular complexity index is 840. The minimum atomic E-state index is -0.444. The zero-order valence-electron chi connectivity index (χ0n) is 15.3. The van der Waals surface area contributed by atoms with E-state index in [0.717, 1.165) is 5.56 Å². The minimum Gasteiger partial charge on any atom is -0.461 e. The predicted molar refractivity (Wildman–Crippen MR) is 103 cm³/mol. The third-order valence-corrected chi connectivity index (χ3v) is 4.54. The molecule has 0 aliphatic carbocycles. The Morgan fingerprint density at radius 3 is 2.62 bits per heavy atom. The fourth-order valence-corrected chi connectivity index (χ4v) is 3.16. The van der Waals surface area contributed by atoms with Gasteiger partial charge < -0.3 is 14.6 Å². The molecule has 138 valence electrons. The number of ether oxygens (including phenoxy) is 1. The van der Waals surface area contributed by atoms with Gasteiger partial charge in [0.25, 0.3) is 5.91 Å². The van der Waals surface area contributed by atoms with Crippen molar-refractivity contribution in [3.8, 4) is 0 Å². The number of halogens is 1. The van der Waals surface area contributed by atoms with Crippen LogP contribution in [-0.4, -0.2) is 23.1 Å². The highest BCUT2D eigenvalue weighted by molar-refractivity contribution is 6.31. The van der Waals surface area contributed by atoms with Gasteiger partial charge in [-0.05, 0) is 38.0 Å². The summed E-state index contributed by atoms with van der Waals surface area (Å²) in [4.78, 5) is 25.1. The maximum Gasteiger partial charge on any atom is 0.355 e. The van der Waals surface area contributed by atoms with Gasteiger partial charge in [0.15, 0.2) is 0 Å². The van der Waals surface area contributed by atoms with Crippen molar-refractivity contribution in [2.75, 3.05) is 6.61 Å². The lowest BCUT2D eigenvalue weighted by Gasteiger charge is -2.09. The number of benzene rings is 1. The summed E-state index contributed by atoms with van der Waals surface area (Å²) >= 11 is 6.14. The molecule has 0 spiro atoms. The van der Waals surface area contributed by atoms with E-state index in [1.165, 1.54) is 0 Å².